The van der Waals surface area contributed by atoms with E-state index in [2.05, 4.69) is 16.0 Å². The van der Waals surface area contributed by atoms with E-state index in [1.165, 1.54) is 18.2 Å². The summed E-state index contributed by atoms with van der Waals surface area (Å²) in [6.07, 6.45) is 9.67. The van der Waals surface area contributed by atoms with Crippen LogP contribution in [-0.4, -0.2) is 54.7 Å². The Morgan fingerprint density at radius 2 is 0.805 bits per heavy atom. The number of ketones is 3. The molecule has 0 saturated heterocycles. The van der Waals surface area contributed by atoms with Crippen LogP contribution in [0.1, 0.15) is 142 Å². The molecule has 9 heteroatoms. The van der Waals surface area contributed by atoms with Crippen molar-refractivity contribution in [2.24, 2.45) is 0 Å². The molecule has 0 aliphatic heterocycles. The van der Waals surface area contributed by atoms with E-state index in [0.717, 1.165) is 57.8 Å². The standard InChI is InChI=1S/C32H49N3O6/c1-4-28(37)16-10-7-13-19-34-31(40)26-21-25(30(39)33-18-12-6-9-15-24(3)36)22-27(23-26)32(41)35-20-14-8-11-17-29(38)5-2/h21-23H,4-20H2,1-3H3,(H,33,39)(H,34,40)(H,35,41). The molecule has 1 rings (SSSR count). The van der Waals surface area contributed by atoms with E-state index in [-0.39, 0.29) is 51.8 Å². The van der Waals surface area contributed by atoms with Crippen LogP contribution in [0.4, 0.5) is 0 Å². The van der Waals surface area contributed by atoms with Crippen LogP contribution >= 0.6 is 0 Å². The first-order valence-corrected chi connectivity index (χ1v) is 15.2. The van der Waals surface area contributed by atoms with Crippen molar-refractivity contribution in [3.8, 4) is 0 Å². The lowest BCUT2D eigenvalue weighted by molar-refractivity contribution is -0.119. The molecule has 0 heterocycles. The Balaban J connectivity index is 2.77. The Labute approximate surface area is 245 Å². The van der Waals surface area contributed by atoms with Gasteiger partial charge in [-0.2, -0.15) is 0 Å². The maximum absolute atomic E-state index is 12.9. The van der Waals surface area contributed by atoms with E-state index in [0.29, 0.717) is 51.7 Å². The van der Waals surface area contributed by atoms with Crippen LogP contribution in [0.2, 0.25) is 0 Å². The third-order valence-electron chi connectivity index (χ3n) is 6.84. The van der Waals surface area contributed by atoms with E-state index in [9.17, 15) is 28.8 Å². The first-order chi connectivity index (χ1) is 19.7. The van der Waals surface area contributed by atoms with Crippen molar-refractivity contribution in [2.45, 2.75) is 111 Å². The molecule has 0 radical (unpaired) electrons. The van der Waals surface area contributed by atoms with Crippen molar-refractivity contribution in [1.82, 2.24) is 16.0 Å². The highest BCUT2D eigenvalue weighted by Gasteiger charge is 2.16. The Bertz CT molecular complexity index is 962. The summed E-state index contributed by atoms with van der Waals surface area (Å²) in [6, 6.07) is 4.47. The third-order valence-corrected chi connectivity index (χ3v) is 6.84. The molecule has 3 amide bonds. The molecule has 0 atom stereocenters. The molecule has 0 fully saturated rings. The number of rotatable bonds is 23. The fourth-order valence-corrected chi connectivity index (χ4v) is 4.21. The number of hydrogen-bond acceptors (Lipinski definition) is 6. The van der Waals surface area contributed by atoms with Crippen molar-refractivity contribution in [3.05, 3.63) is 34.9 Å². The average molecular weight is 572 g/mol. The van der Waals surface area contributed by atoms with Gasteiger partial charge in [-0.05, 0) is 63.6 Å². The molecule has 1 aromatic rings. The third kappa shape index (κ3) is 16.5. The molecule has 3 N–H and O–H groups in total. The zero-order valence-electron chi connectivity index (χ0n) is 25.2. The highest BCUT2D eigenvalue weighted by molar-refractivity contribution is 6.04. The maximum Gasteiger partial charge on any atom is 0.251 e. The van der Waals surface area contributed by atoms with Gasteiger partial charge in [0.05, 0.1) is 0 Å². The second-order valence-corrected chi connectivity index (χ2v) is 10.5. The summed E-state index contributed by atoms with van der Waals surface area (Å²) in [5, 5.41) is 8.53. The van der Waals surface area contributed by atoms with Gasteiger partial charge < -0.3 is 20.7 Å². The quantitative estimate of drug-likeness (QED) is 0.156. The molecule has 1 aromatic carbocycles. The predicted octanol–water partition coefficient (Wildman–Crippen LogP) is 5.10. The summed E-state index contributed by atoms with van der Waals surface area (Å²) < 4.78 is 0. The zero-order valence-corrected chi connectivity index (χ0v) is 25.2. The van der Waals surface area contributed by atoms with Crippen molar-refractivity contribution >= 4 is 35.1 Å². The molecule has 228 valence electrons. The van der Waals surface area contributed by atoms with Gasteiger partial charge in [-0.3, -0.25) is 24.0 Å². The molecule has 0 spiro atoms. The first kappa shape index (κ1) is 35.7. The molecule has 0 bridgehead atoms. The molecule has 9 nitrogen and oxygen atoms in total. The zero-order chi connectivity index (χ0) is 30.5. The van der Waals surface area contributed by atoms with Gasteiger partial charge in [-0.25, -0.2) is 0 Å². The van der Waals surface area contributed by atoms with Gasteiger partial charge in [-0.15, -0.1) is 0 Å². The van der Waals surface area contributed by atoms with Gasteiger partial charge in [-0.1, -0.05) is 33.1 Å². The molecular weight excluding hydrogens is 522 g/mol. The van der Waals surface area contributed by atoms with Crippen molar-refractivity contribution in [1.29, 1.82) is 0 Å². The number of nitrogens with one attached hydrogen (secondary N) is 3. The highest BCUT2D eigenvalue weighted by atomic mass is 16.2. The summed E-state index contributed by atoms with van der Waals surface area (Å²) in [5.41, 5.74) is 0.676. The molecular formula is C32H49N3O6. The minimum absolute atomic E-state index is 0.146. The molecule has 41 heavy (non-hydrogen) atoms. The summed E-state index contributed by atoms with van der Waals surface area (Å²) in [7, 11) is 0. The van der Waals surface area contributed by atoms with Gasteiger partial charge in [0.15, 0.2) is 0 Å². The lowest BCUT2D eigenvalue weighted by Crippen LogP contribution is -2.29. The lowest BCUT2D eigenvalue weighted by Gasteiger charge is -2.12. The van der Waals surface area contributed by atoms with E-state index < -0.39 is 0 Å². The number of carbonyl (C=O) groups excluding carboxylic acids is 6. The topological polar surface area (TPSA) is 139 Å². The van der Waals surface area contributed by atoms with Crippen molar-refractivity contribution < 1.29 is 28.8 Å². The molecule has 0 aliphatic carbocycles. The summed E-state index contributed by atoms with van der Waals surface area (Å²) >= 11 is 0. The lowest BCUT2D eigenvalue weighted by atomic mass is 10.0. The second kappa shape index (κ2) is 21.4. The summed E-state index contributed by atoms with van der Waals surface area (Å²) in [4.78, 5) is 72.6. The van der Waals surface area contributed by atoms with Gasteiger partial charge in [0.2, 0.25) is 0 Å². The van der Waals surface area contributed by atoms with E-state index >= 15 is 0 Å². The molecule has 0 aliphatic rings. The first-order valence-electron chi connectivity index (χ1n) is 15.2. The average Bonchev–Trinajstić information content (AvgIpc) is 2.97. The van der Waals surface area contributed by atoms with Crippen LogP contribution in [0, 0.1) is 0 Å². The Hall–Kier alpha value is -3.36. The molecule has 0 saturated carbocycles. The monoisotopic (exact) mass is 571 g/mol. The van der Waals surface area contributed by atoms with Gasteiger partial charge in [0, 0.05) is 68.4 Å². The number of unbranched alkanes of at least 4 members (excludes halogenated alkanes) is 6. The van der Waals surface area contributed by atoms with Crippen LogP contribution in [0.25, 0.3) is 0 Å². The van der Waals surface area contributed by atoms with Crippen molar-refractivity contribution in [3.63, 3.8) is 0 Å². The highest BCUT2D eigenvalue weighted by Crippen LogP contribution is 2.13. The van der Waals surface area contributed by atoms with Crippen LogP contribution in [0.3, 0.4) is 0 Å². The maximum atomic E-state index is 12.9. The minimum Gasteiger partial charge on any atom is -0.352 e. The predicted molar refractivity (Wildman–Crippen MR) is 160 cm³/mol. The Morgan fingerprint density at radius 3 is 1.10 bits per heavy atom. The number of carbonyl (C=O) groups is 6. The fourth-order valence-electron chi connectivity index (χ4n) is 4.21. The van der Waals surface area contributed by atoms with Crippen LogP contribution in [0.15, 0.2) is 18.2 Å². The number of amides is 3. The van der Waals surface area contributed by atoms with E-state index in [1.807, 2.05) is 13.8 Å². The van der Waals surface area contributed by atoms with Crippen LogP contribution in [0.5, 0.6) is 0 Å². The molecule has 0 unspecified atom stereocenters. The molecule has 0 aromatic heterocycles. The van der Waals surface area contributed by atoms with Crippen LogP contribution in [-0.2, 0) is 14.4 Å². The van der Waals surface area contributed by atoms with Crippen LogP contribution < -0.4 is 16.0 Å². The smallest absolute Gasteiger partial charge is 0.251 e. The fraction of sp³-hybridized carbons (Fsp3) is 0.625. The van der Waals surface area contributed by atoms with Gasteiger partial charge in [0.25, 0.3) is 17.7 Å². The van der Waals surface area contributed by atoms with Gasteiger partial charge in [0.1, 0.15) is 17.3 Å². The van der Waals surface area contributed by atoms with Crippen molar-refractivity contribution in [2.75, 3.05) is 19.6 Å². The van der Waals surface area contributed by atoms with E-state index in [1.54, 1.807) is 6.92 Å². The minimum atomic E-state index is -0.374. The number of hydrogen-bond donors (Lipinski definition) is 3. The summed E-state index contributed by atoms with van der Waals surface area (Å²) in [5.74, 6) is -0.504. The number of Topliss-reactive ketones (excluding diaryl/α,β-unsaturated/α-hetero) is 3. The number of benzene rings is 1. The Kier molecular flexibility index (Phi) is 18.6. The second-order valence-electron chi connectivity index (χ2n) is 10.5. The van der Waals surface area contributed by atoms with E-state index in [4.69, 9.17) is 0 Å². The SMILES string of the molecule is CCC(=O)CCCCCNC(=O)c1cc(C(=O)NCCCCCC(C)=O)cc(C(=O)NCCCCCC(=O)CC)c1. The summed E-state index contributed by atoms with van der Waals surface area (Å²) in [6.45, 7) is 6.54. The largest absolute Gasteiger partial charge is 0.352 e. The van der Waals surface area contributed by atoms with Gasteiger partial charge >= 0.3 is 0 Å². The Morgan fingerprint density at radius 1 is 0.488 bits per heavy atom. The normalized spacial score (nSPS) is 10.6.